The number of nitrogens with two attached hydrogens (primary N) is 1. The van der Waals surface area contributed by atoms with Gasteiger partial charge in [-0.2, -0.15) is 11.8 Å². The molecule has 0 spiro atoms. The molecule has 0 aliphatic heterocycles. The molecule has 10 amide bonds. The number of aliphatic hydroxyl groups is 1. The van der Waals surface area contributed by atoms with Gasteiger partial charge in [0.15, 0.2) is 0 Å². The molecular weight excluding hydrogens is 1250 g/mol. The summed E-state index contributed by atoms with van der Waals surface area (Å²) in [6.07, 6.45) is 0.718. The van der Waals surface area contributed by atoms with Crippen molar-refractivity contribution in [3.05, 3.63) is 126 Å². The minimum absolute atomic E-state index is 0.0813. The molecule has 4 rings (SSSR count). The van der Waals surface area contributed by atoms with Gasteiger partial charge in [-0.15, -0.1) is 0 Å². The minimum atomic E-state index is -1.96. The fourth-order valence-electron chi connectivity index (χ4n) is 9.14. The number of hydrogen-bond acceptors (Lipinski definition) is 18. The maximum Gasteiger partial charge on any atom is 0.326 e. The first-order chi connectivity index (χ1) is 44.7. The maximum absolute atomic E-state index is 14.4. The number of nitrogens with one attached hydrogen (secondary N) is 11. The van der Waals surface area contributed by atoms with Crippen molar-refractivity contribution in [2.24, 2.45) is 11.7 Å². The Balaban J connectivity index is 1.48. The number of aliphatic hydroxyl groups excluding tert-OH is 1. The van der Waals surface area contributed by atoms with Crippen LogP contribution in [0.5, 0.6) is 0 Å². The Morgan fingerprint density at radius 3 is 1.31 bits per heavy atom. The molecule has 0 saturated heterocycles. The summed E-state index contributed by atoms with van der Waals surface area (Å²) >= 11 is 1.27. The van der Waals surface area contributed by atoms with E-state index < -0.39 is 182 Å². The molecule has 32 nitrogen and oxygen atoms in total. The van der Waals surface area contributed by atoms with Gasteiger partial charge in [-0.05, 0) is 41.0 Å². The smallest absolute Gasteiger partial charge is 0.326 e. The van der Waals surface area contributed by atoms with E-state index in [4.69, 9.17) is 5.73 Å². The number of rotatable bonds is 41. The first-order valence-electron chi connectivity index (χ1n) is 29.5. The van der Waals surface area contributed by atoms with Crippen molar-refractivity contribution < 1.29 is 92.7 Å². The van der Waals surface area contributed by atoms with Gasteiger partial charge in [0.2, 0.25) is 59.1 Å². The zero-order chi connectivity index (χ0) is 69.4. The molecule has 1 heterocycles. The van der Waals surface area contributed by atoms with E-state index in [1.165, 1.54) is 24.3 Å². The average molecular weight is 1330 g/mol. The number of aliphatic carboxylic acids is 4. The number of carboxylic acid groups (broad SMARTS) is 4. The zero-order valence-corrected chi connectivity index (χ0v) is 52.4. The highest BCUT2D eigenvalue weighted by Crippen LogP contribution is 2.14. The third-order valence-electron chi connectivity index (χ3n) is 14.4. The van der Waals surface area contributed by atoms with Gasteiger partial charge < -0.3 is 89.4 Å². The van der Waals surface area contributed by atoms with Crippen molar-refractivity contribution in [1.29, 1.82) is 0 Å². The number of H-pyrrole nitrogens is 1. The second-order valence-electron chi connectivity index (χ2n) is 21.7. The molecule has 0 fully saturated rings. The van der Waals surface area contributed by atoms with Crippen molar-refractivity contribution in [3.63, 3.8) is 0 Å². The van der Waals surface area contributed by atoms with Crippen LogP contribution in [0.1, 0.15) is 68.3 Å². The summed E-state index contributed by atoms with van der Waals surface area (Å²) in [4.78, 5) is 193. The highest BCUT2D eigenvalue weighted by molar-refractivity contribution is 7.98. The summed E-state index contributed by atoms with van der Waals surface area (Å²) in [6, 6.07) is 8.11. The van der Waals surface area contributed by atoms with Gasteiger partial charge >= 0.3 is 23.9 Å². The molecule has 1 aromatic heterocycles. The van der Waals surface area contributed by atoms with E-state index in [1.807, 2.05) is 0 Å². The molecule has 4 aromatic rings. The number of nitrogens with zero attached hydrogens (tertiary/aromatic N) is 1. The first kappa shape index (κ1) is 76.2. The summed E-state index contributed by atoms with van der Waals surface area (Å²) in [6.45, 7) is 1.13. The van der Waals surface area contributed by atoms with Crippen LogP contribution in [0.4, 0.5) is 0 Å². The number of hydrogen-bond donors (Lipinski definition) is 17. The summed E-state index contributed by atoms with van der Waals surface area (Å²) in [7, 11) is 0. The number of amides is 10. The lowest BCUT2D eigenvalue weighted by Crippen LogP contribution is -2.61. The van der Waals surface area contributed by atoms with Gasteiger partial charge in [0.05, 0.1) is 44.8 Å². The molecule has 3 aromatic carbocycles. The van der Waals surface area contributed by atoms with Crippen molar-refractivity contribution in [3.8, 4) is 0 Å². The molecule has 0 aliphatic rings. The quantitative estimate of drug-likeness (QED) is 0.0208. The van der Waals surface area contributed by atoms with Crippen LogP contribution in [-0.4, -0.2) is 204 Å². The molecule has 94 heavy (non-hydrogen) atoms. The molecule has 0 radical (unpaired) electrons. The number of thioether (sulfide) groups is 1. The van der Waals surface area contributed by atoms with Crippen molar-refractivity contribution in [2.45, 2.75) is 132 Å². The van der Waals surface area contributed by atoms with E-state index in [2.05, 4.69) is 63.1 Å². The molecule has 508 valence electrons. The van der Waals surface area contributed by atoms with Gasteiger partial charge in [0.25, 0.3) is 0 Å². The Morgan fingerprint density at radius 2 is 0.883 bits per heavy atom. The molecule has 18 N–H and O–H groups in total. The standard InChI is InChI=1S/C61H79N13O19S/c1-4-33(2)51(60(91)72-41(23-35-16-10-6-11-17-35)55(86)67-39(20-21-94-3)54(85)71-44(28-50(81)82)58(89)73-45(61(92)93)24-36-18-12-7-13-19-36)74-59(90)46(31-75)66-47(76)30-64-53(84)42(26-48(77)78)70-56(87)40(22-34-14-8-5-9-15-34)69-57(88)43(27-49(79)80)68-52(83)38(62)25-37-29-63-32-65-37/h5-19,29,32-33,38-46,51,75H,4,20-28,30-31,62H2,1-3H3,(H,63,65)(H,64,84)(H,66,76)(H,67,86)(H,68,83)(H,69,88)(H,70,87)(H,71,85)(H,72,91)(H,73,89)(H,74,90)(H,77,78)(H,79,80)(H,81,82)(H,92,93)/t33-,38-,39-,40-,41-,42-,43-,44-,45-,46-,51-/m0/s1. The Hall–Kier alpha value is -10.3. The van der Waals surface area contributed by atoms with Gasteiger partial charge in [-0.1, -0.05) is 111 Å². The number of carbonyl (C=O) groups is 14. The lowest BCUT2D eigenvalue weighted by molar-refractivity contribution is -0.144. The molecule has 0 aliphatic carbocycles. The molecule has 0 bridgehead atoms. The minimum Gasteiger partial charge on any atom is -0.481 e. The SMILES string of the molecule is CC[C@H](C)[C@H](NC(=O)[C@H](CO)NC(=O)CNC(=O)[C@H](CC(=O)O)NC(=O)[C@H](Cc1ccccc1)NC(=O)[C@H](CC(=O)O)NC(=O)[C@@H](N)Cc1cnc[nH]1)C(=O)N[C@@H](Cc1ccccc1)C(=O)N[C@@H](CCSC)C(=O)N[C@@H](CC(=O)O)C(=O)N[C@@H](Cc1ccccc1)C(=O)O. The fourth-order valence-corrected chi connectivity index (χ4v) is 9.61. The lowest BCUT2D eigenvalue weighted by atomic mass is 9.96. The Kier molecular flexibility index (Phi) is 31.8. The topological polar surface area (TPSA) is 515 Å². The van der Waals surface area contributed by atoms with Crippen LogP contribution in [-0.2, 0) is 92.8 Å². The number of imidazole rings is 1. The summed E-state index contributed by atoms with van der Waals surface area (Å²) in [5.74, 6) is -17.5. The van der Waals surface area contributed by atoms with Gasteiger partial charge in [0, 0.05) is 37.6 Å². The van der Waals surface area contributed by atoms with Crippen LogP contribution in [0.25, 0.3) is 0 Å². The predicted octanol–water partition coefficient (Wildman–Crippen LogP) is -3.21. The van der Waals surface area contributed by atoms with Gasteiger partial charge in [-0.3, -0.25) is 62.3 Å². The van der Waals surface area contributed by atoms with Crippen LogP contribution in [0.2, 0.25) is 0 Å². The van der Waals surface area contributed by atoms with Crippen LogP contribution in [0.15, 0.2) is 104 Å². The molecule has 11 atom stereocenters. The van der Waals surface area contributed by atoms with Crippen LogP contribution in [0, 0.1) is 5.92 Å². The van der Waals surface area contributed by atoms with Crippen molar-refractivity contribution >= 4 is 94.7 Å². The number of aromatic amines is 1. The predicted molar refractivity (Wildman–Crippen MR) is 335 cm³/mol. The Morgan fingerprint density at radius 1 is 0.489 bits per heavy atom. The van der Waals surface area contributed by atoms with Gasteiger partial charge in [-0.25, -0.2) is 9.78 Å². The highest BCUT2D eigenvalue weighted by atomic mass is 32.2. The molecule has 33 heteroatoms. The van der Waals surface area contributed by atoms with Gasteiger partial charge in [0.1, 0.15) is 54.4 Å². The molecular formula is C61H79N13O19S. The lowest BCUT2D eigenvalue weighted by Gasteiger charge is -2.29. The second-order valence-corrected chi connectivity index (χ2v) is 22.7. The van der Waals surface area contributed by atoms with E-state index in [1.54, 1.807) is 111 Å². The van der Waals surface area contributed by atoms with E-state index in [-0.39, 0.29) is 44.3 Å². The number of aromatic nitrogens is 2. The monoisotopic (exact) mass is 1330 g/mol. The summed E-state index contributed by atoms with van der Waals surface area (Å²) < 4.78 is 0. The zero-order valence-electron chi connectivity index (χ0n) is 51.5. The highest BCUT2D eigenvalue weighted by Gasteiger charge is 2.37. The largest absolute Gasteiger partial charge is 0.481 e. The van der Waals surface area contributed by atoms with Crippen molar-refractivity contribution in [1.82, 2.24) is 63.1 Å². The molecule has 0 saturated carbocycles. The fraction of sp³-hybridized carbons (Fsp3) is 0.426. The average Bonchev–Trinajstić information content (AvgIpc) is 0.964. The van der Waals surface area contributed by atoms with E-state index in [0.717, 1.165) is 0 Å². The summed E-state index contributed by atoms with van der Waals surface area (Å²) in [5, 5.41) is 72.8. The Bertz CT molecular complexity index is 3240. The van der Waals surface area contributed by atoms with Crippen molar-refractivity contribution in [2.75, 3.05) is 25.2 Å². The maximum atomic E-state index is 14.4. The first-order valence-corrected chi connectivity index (χ1v) is 30.9. The summed E-state index contributed by atoms with van der Waals surface area (Å²) in [5.41, 5.74) is 7.92. The third kappa shape index (κ3) is 26.5. The van der Waals surface area contributed by atoms with Crippen LogP contribution >= 0.6 is 11.8 Å². The van der Waals surface area contributed by atoms with E-state index in [0.29, 0.717) is 22.4 Å². The number of benzene rings is 3. The third-order valence-corrected chi connectivity index (χ3v) is 15.0. The number of carbonyl (C=O) groups excluding carboxylic acids is 10. The Labute approximate surface area is 543 Å². The normalized spacial score (nSPS) is 14.4. The molecule has 0 unspecified atom stereocenters. The second kappa shape index (κ2) is 39.2. The van der Waals surface area contributed by atoms with E-state index >= 15 is 0 Å². The van der Waals surface area contributed by atoms with E-state index in [9.17, 15) is 92.7 Å². The van der Waals surface area contributed by atoms with Crippen LogP contribution in [0.3, 0.4) is 0 Å². The van der Waals surface area contributed by atoms with Crippen LogP contribution < -0.4 is 58.9 Å². The number of carboxylic acids is 4.